The van der Waals surface area contributed by atoms with Crippen molar-refractivity contribution < 1.29 is 13.2 Å². The molecule has 0 spiro atoms. The molecule has 20 heavy (non-hydrogen) atoms. The van der Waals surface area contributed by atoms with Crippen LogP contribution in [0.1, 0.15) is 24.2 Å². The molecule has 0 unspecified atom stereocenters. The molecular weight excluding hydrogens is 280 g/mol. The Morgan fingerprint density at radius 3 is 2.60 bits per heavy atom. The van der Waals surface area contributed by atoms with Gasteiger partial charge >= 0.3 is 0 Å². The highest BCUT2D eigenvalue weighted by Gasteiger charge is 2.20. The Morgan fingerprint density at radius 2 is 2.00 bits per heavy atom. The Morgan fingerprint density at radius 1 is 1.25 bits per heavy atom. The zero-order valence-corrected chi connectivity index (χ0v) is 11.7. The monoisotopic (exact) mass is 295 g/mol. The van der Waals surface area contributed by atoms with Crippen LogP contribution < -0.4 is 5.32 Å². The summed E-state index contributed by atoms with van der Waals surface area (Å²) in [6.45, 7) is 0.516. The number of hydrogen-bond acceptors (Lipinski definition) is 3. The predicted octanol–water partition coefficient (Wildman–Crippen LogP) is 4.10. The zero-order chi connectivity index (χ0) is 13.9. The van der Waals surface area contributed by atoms with Crippen molar-refractivity contribution in [1.29, 1.82) is 0 Å². The molecule has 1 aliphatic rings. The lowest BCUT2D eigenvalue weighted by molar-refractivity contribution is 0.526. The third-order valence-electron chi connectivity index (χ3n) is 3.17. The van der Waals surface area contributed by atoms with E-state index >= 15 is 0 Å². The molecule has 0 bridgehead atoms. The van der Waals surface area contributed by atoms with E-state index in [9.17, 15) is 8.78 Å². The molecule has 5 heteroatoms. The minimum atomic E-state index is -0.505. The molecule has 1 fully saturated rings. The van der Waals surface area contributed by atoms with E-state index in [-0.39, 0.29) is 4.90 Å². The van der Waals surface area contributed by atoms with Crippen molar-refractivity contribution in [3.05, 3.63) is 53.5 Å². The number of nitrogens with one attached hydrogen (secondary N) is 1. The number of halogens is 2. The fraction of sp³-hybridized carbons (Fsp3) is 0.333. The summed E-state index contributed by atoms with van der Waals surface area (Å²) >= 11 is 1.11. The normalized spacial score (nSPS) is 14.7. The van der Waals surface area contributed by atoms with Crippen LogP contribution in [0.2, 0.25) is 0 Å². The maximum atomic E-state index is 14.0. The van der Waals surface area contributed by atoms with Crippen molar-refractivity contribution in [3.8, 4) is 0 Å². The van der Waals surface area contributed by atoms with Crippen LogP contribution in [0.3, 0.4) is 0 Å². The van der Waals surface area contributed by atoms with Crippen LogP contribution in [0.4, 0.5) is 8.78 Å². The molecule has 1 saturated carbocycles. The standard InChI is InChI=1S/C15H15F2NOS/c16-13-6-10(8-18-11-3-4-11)7-14(17)15(13)20-9-12-2-1-5-19-12/h1-2,5-7,11,18H,3-4,8-9H2. The van der Waals surface area contributed by atoms with E-state index in [1.165, 1.54) is 12.1 Å². The molecule has 2 nitrogen and oxygen atoms in total. The van der Waals surface area contributed by atoms with Gasteiger partial charge in [0.25, 0.3) is 0 Å². The summed E-state index contributed by atoms with van der Waals surface area (Å²) in [4.78, 5) is 0.0524. The van der Waals surface area contributed by atoms with Gasteiger partial charge in [-0.1, -0.05) is 0 Å². The van der Waals surface area contributed by atoms with Crippen molar-refractivity contribution in [2.75, 3.05) is 0 Å². The Bertz CT molecular complexity index is 559. The number of furan rings is 1. The first-order valence-electron chi connectivity index (χ1n) is 6.59. The van der Waals surface area contributed by atoms with Crippen molar-refractivity contribution in [3.63, 3.8) is 0 Å². The van der Waals surface area contributed by atoms with E-state index in [1.54, 1.807) is 18.4 Å². The third-order valence-corrected chi connectivity index (χ3v) is 4.28. The van der Waals surface area contributed by atoms with Crippen LogP contribution in [0, 0.1) is 11.6 Å². The smallest absolute Gasteiger partial charge is 0.140 e. The summed E-state index contributed by atoms with van der Waals surface area (Å²) in [5.41, 5.74) is 0.647. The Labute approximate surface area is 120 Å². The minimum Gasteiger partial charge on any atom is -0.468 e. The molecular formula is C15H15F2NOS. The van der Waals surface area contributed by atoms with Crippen molar-refractivity contribution in [1.82, 2.24) is 5.32 Å². The average Bonchev–Trinajstić information content (AvgIpc) is 3.10. The van der Waals surface area contributed by atoms with Crippen molar-refractivity contribution >= 4 is 11.8 Å². The van der Waals surface area contributed by atoms with Crippen LogP contribution in [0.5, 0.6) is 0 Å². The topological polar surface area (TPSA) is 25.2 Å². The van der Waals surface area contributed by atoms with Gasteiger partial charge in [0, 0.05) is 12.6 Å². The van der Waals surface area contributed by atoms with Gasteiger partial charge in [0.1, 0.15) is 17.4 Å². The average molecular weight is 295 g/mol. The fourth-order valence-corrected chi connectivity index (χ4v) is 2.78. The second kappa shape index (κ2) is 5.97. The highest BCUT2D eigenvalue weighted by molar-refractivity contribution is 7.98. The predicted molar refractivity (Wildman–Crippen MR) is 74.5 cm³/mol. The molecule has 1 N–H and O–H groups in total. The van der Waals surface area contributed by atoms with Gasteiger partial charge in [-0.25, -0.2) is 8.78 Å². The molecule has 1 heterocycles. The molecule has 106 valence electrons. The zero-order valence-electron chi connectivity index (χ0n) is 10.9. The summed E-state index contributed by atoms with van der Waals surface area (Å²) in [5.74, 6) is 0.108. The van der Waals surface area contributed by atoms with Gasteiger partial charge in [-0.2, -0.15) is 0 Å². The van der Waals surface area contributed by atoms with Gasteiger partial charge in [-0.15, -0.1) is 11.8 Å². The Kier molecular flexibility index (Phi) is 4.08. The number of rotatable bonds is 6. The molecule has 2 aromatic rings. The van der Waals surface area contributed by atoms with E-state index in [0.717, 1.165) is 24.6 Å². The van der Waals surface area contributed by atoms with Gasteiger partial charge in [0.05, 0.1) is 16.9 Å². The first kappa shape index (κ1) is 13.6. The van der Waals surface area contributed by atoms with Gasteiger partial charge in [0.2, 0.25) is 0 Å². The SMILES string of the molecule is Fc1cc(CNC2CC2)cc(F)c1SCc1ccco1. The van der Waals surface area contributed by atoms with E-state index < -0.39 is 11.6 Å². The molecule has 0 radical (unpaired) electrons. The van der Waals surface area contributed by atoms with E-state index in [2.05, 4.69) is 5.32 Å². The van der Waals surface area contributed by atoms with Gasteiger partial charge in [0.15, 0.2) is 0 Å². The lowest BCUT2D eigenvalue weighted by Crippen LogP contribution is -2.15. The number of thioether (sulfide) groups is 1. The number of hydrogen-bond donors (Lipinski definition) is 1. The molecule has 0 amide bonds. The van der Waals surface area contributed by atoms with Gasteiger partial charge < -0.3 is 9.73 Å². The van der Waals surface area contributed by atoms with Crippen LogP contribution in [0.15, 0.2) is 39.8 Å². The molecule has 3 rings (SSSR count). The van der Waals surface area contributed by atoms with Crippen LogP contribution in [-0.4, -0.2) is 6.04 Å². The van der Waals surface area contributed by atoms with E-state index in [0.29, 0.717) is 29.7 Å². The first-order valence-corrected chi connectivity index (χ1v) is 7.57. The van der Waals surface area contributed by atoms with E-state index in [4.69, 9.17) is 4.42 Å². The number of benzene rings is 1. The molecule has 1 aliphatic carbocycles. The highest BCUT2D eigenvalue weighted by Crippen LogP contribution is 2.29. The highest BCUT2D eigenvalue weighted by atomic mass is 32.2. The summed E-state index contributed by atoms with van der Waals surface area (Å²) in [6, 6.07) is 6.88. The third kappa shape index (κ3) is 3.41. The van der Waals surface area contributed by atoms with E-state index in [1.807, 2.05) is 0 Å². The fourth-order valence-electron chi connectivity index (χ4n) is 1.94. The Hall–Kier alpha value is -1.33. The molecule has 0 aliphatic heterocycles. The van der Waals surface area contributed by atoms with Gasteiger partial charge in [-0.05, 0) is 42.7 Å². The maximum absolute atomic E-state index is 14.0. The molecule has 0 saturated heterocycles. The minimum absolute atomic E-state index is 0.0524. The lowest BCUT2D eigenvalue weighted by atomic mass is 10.2. The summed E-state index contributed by atoms with van der Waals surface area (Å²) in [6.07, 6.45) is 3.86. The van der Waals surface area contributed by atoms with Gasteiger partial charge in [-0.3, -0.25) is 0 Å². The first-order chi connectivity index (χ1) is 9.72. The van der Waals surface area contributed by atoms with Crippen LogP contribution in [-0.2, 0) is 12.3 Å². The van der Waals surface area contributed by atoms with Crippen LogP contribution in [0.25, 0.3) is 0 Å². The molecule has 1 aromatic carbocycles. The molecule has 1 aromatic heterocycles. The lowest BCUT2D eigenvalue weighted by Gasteiger charge is -2.08. The van der Waals surface area contributed by atoms with Crippen molar-refractivity contribution in [2.24, 2.45) is 0 Å². The second-order valence-electron chi connectivity index (χ2n) is 4.91. The summed E-state index contributed by atoms with van der Waals surface area (Å²) < 4.78 is 33.1. The van der Waals surface area contributed by atoms with Crippen molar-refractivity contribution in [2.45, 2.75) is 36.1 Å². The summed E-state index contributed by atoms with van der Waals surface area (Å²) in [5, 5.41) is 3.25. The second-order valence-corrected chi connectivity index (χ2v) is 5.90. The molecule has 0 atom stereocenters. The Balaban J connectivity index is 1.67. The quantitative estimate of drug-likeness (QED) is 0.812. The summed E-state index contributed by atoms with van der Waals surface area (Å²) in [7, 11) is 0. The largest absolute Gasteiger partial charge is 0.468 e. The van der Waals surface area contributed by atoms with Crippen LogP contribution >= 0.6 is 11.8 Å². The maximum Gasteiger partial charge on any atom is 0.140 e.